The summed E-state index contributed by atoms with van der Waals surface area (Å²) in [6.45, 7) is 1.56. The predicted molar refractivity (Wildman–Crippen MR) is 41.5 cm³/mol. The number of hydrogen-bond acceptors (Lipinski definition) is 3. The first-order valence-corrected chi connectivity index (χ1v) is 3.48. The number of carbonyl (C=O) groups is 1. The largest absolute Gasteiger partial charge is 0.479 e. The monoisotopic (exact) mass is 170 g/mol. The van der Waals surface area contributed by atoms with E-state index < -0.39 is 17.7 Å². The highest BCUT2D eigenvalue weighted by Gasteiger charge is 2.43. The first-order valence-electron chi connectivity index (χ1n) is 3.48. The van der Waals surface area contributed by atoms with E-state index in [1.54, 1.807) is 13.0 Å². The highest BCUT2D eigenvalue weighted by Crippen LogP contribution is 2.23. The number of allylic oxidation sites excluding steroid dienone is 2. The van der Waals surface area contributed by atoms with Crippen LogP contribution in [-0.2, 0) is 4.79 Å². The first-order chi connectivity index (χ1) is 5.48. The Kier molecular flexibility index (Phi) is 2.04. The summed E-state index contributed by atoms with van der Waals surface area (Å²) in [6.07, 6.45) is 2.67. The maximum absolute atomic E-state index is 10.5. The second-order valence-electron chi connectivity index (χ2n) is 2.80. The molecule has 0 radical (unpaired) electrons. The average molecular weight is 170 g/mol. The van der Waals surface area contributed by atoms with Crippen molar-refractivity contribution in [3.8, 4) is 0 Å². The van der Waals surface area contributed by atoms with E-state index in [0.29, 0.717) is 5.57 Å². The lowest BCUT2D eigenvalue weighted by Crippen LogP contribution is -2.49. The van der Waals surface area contributed by atoms with E-state index in [1.165, 1.54) is 6.08 Å². The Morgan fingerprint density at radius 1 is 1.67 bits per heavy atom. The van der Waals surface area contributed by atoms with Gasteiger partial charge in [-0.3, -0.25) is 0 Å². The summed E-state index contributed by atoms with van der Waals surface area (Å²) in [5.41, 5.74) is -1.74. The van der Waals surface area contributed by atoms with Gasteiger partial charge in [0.2, 0.25) is 5.60 Å². The molecule has 4 nitrogen and oxygen atoms in total. The van der Waals surface area contributed by atoms with Gasteiger partial charge in [-0.25, -0.2) is 4.79 Å². The summed E-state index contributed by atoms with van der Waals surface area (Å²) < 4.78 is 0. The van der Waals surface area contributed by atoms with Crippen molar-refractivity contribution in [3.63, 3.8) is 0 Å². The van der Waals surface area contributed by atoms with Crippen molar-refractivity contribution in [2.75, 3.05) is 0 Å². The smallest absolute Gasteiger partial charge is 0.342 e. The van der Waals surface area contributed by atoms with Gasteiger partial charge in [0.05, 0.1) is 0 Å². The van der Waals surface area contributed by atoms with Crippen LogP contribution in [0.15, 0.2) is 23.8 Å². The maximum Gasteiger partial charge on any atom is 0.342 e. The van der Waals surface area contributed by atoms with Crippen molar-refractivity contribution in [2.24, 2.45) is 0 Å². The van der Waals surface area contributed by atoms with Crippen molar-refractivity contribution in [1.82, 2.24) is 0 Å². The lowest BCUT2D eigenvalue weighted by atomic mass is 9.87. The number of rotatable bonds is 1. The second-order valence-corrected chi connectivity index (χ2v) is 2.80. The fourth-order valence-corrected chi connectivity index (χ4v) is 1.06. The summed E-state index contributed by atoms with van der Waals surface area (Å²) >= 11 is 0. The van der Waals surface area contributed by atoms with Crippen LogP contribution in [0.3, 0.4) is 0 Å². The number of aliphatic carboxylic acids is 1. The van der Waals surface area contributed by atoms with Crippen LogP contribution >= 0.6 is 0 Å². The van der Waals surface area contributed by atoms with Crippen LogP contribution < -0.4 is 0 Å². The van der Waals surface area contributed by atoms with E-state index in [2.05, 4.69) is 0 Å². The third-order valence-corrected chi connectivity index (χ3v) is 1.90. The summed E-state index contributed by atoms with van der Waals surface area (Å²) in [4.78, 5) is 10.5. The molecule has 0 saturated carbocycles. The molecule has 0 saturated heterocycles. The van der Waals surface area contributed by atoms with Gasteiger partial charge in [-0.2, -0.15) is 0 Å². The van der Waals surface area contributed by atoms with E-state index in [-0.39, 0.29) is 0 Å². The van der Waals surface area contributed by atoms with Crippen LogP contribution in [0.2, 0.25) is 0 Å². The van der Waals surface area contributed by atoms with E-state index in [9.17, 15) is 15.0 Å². The molecule has 1 rings (SSSR count). The molecular weight excluding hydrogens is 160 g/mol. The molecular formula is C8H10O4. The quantitative estimate of drug-likeness (QED) is 0.504. The Balaban J connectivity index is 3.03. The van der Waals surface area contributed by atoms with Gasteiger partial charge >= 0.3 is 5.97 Å². The van der Waals surface area contributed by atoms with Gasteiger partial charge in [0, 0.05) is 0 Å². The Labute approximate surface area is 69.5 Å². The zero-order valence-corrected chi connectivity index (χ0v) is 6.56. The molecule has 0 bridgehead atoms. The molecule has 0 aromatic heterocycles. The molecule has 0 spiro atoms. The molecule has 2 unspecified atom stereocenters. The van der Waals surface area contributed by atoms with Crippen LogP contribution in [0.4, 0.5) is 0 Å². The van der Waals surface area contributed by atoms with Crippen molar-refractivity contribution >= 4 is 5.97 Å². The predicted octanol–water partition coefficient (Wildman–Crippen LogP) is -0.321. The normalized spacial score (nSPS) is 34.6. The van der Waals surface area contributed by atoms with Crippen molar-refractivity contribution in [2.45, 2.75) is 18.6 Å². The molecule has 0 heterocycles. The Bertz CT molecular complexity index is 266. The molecule has 66 valence electrons. The zero-order chi connectivity index (χ0) is 9.35. The van der Waals surface area contributed by atoms with Crippen LogP contribution in [-0.4, -0.2) is 33.0 Å². The SMILES string of the molecule is CC1=CC=CC(O)(C(=O)O)C1O. The number of hydrogen-bond donors (Lipinski definition) is 3. The lowest BCUT2D eigenvalue weighted by Gasteiger charge is -2.28. The molecule has 0 aliphatic heterocycles. The Morgan fingerprint density at radius 2 is 2.25 bits per heavy atom. The third kappa shape index (κ3) is 1.15. The summed E-state index contributed by atoms with van der Waals surface area (Å²) in [7, 11) is 0. The molecule has 1 aliphatic rings. The van der Waals surface area contributed by atoms with Gasteiger partial charge in [0.1, 0.15) is 6.10 Å². The zero-order valence-electron chi connectivity index (χ0n) is 6.56. The van der Waals surface area contributed by atoms with Gasteiger partial charge in [-0.05, 0) is 18.6 Å². The molecule has 0 amide bonds. The lowest BCUT2D eigenvalue weighted by molar-refractivity contribution is -0.161. The second kappa shape index (κ2) is 2.73. The van der Waals surface area contributed by atoms with Gasteiger partial charge in [0.25, 0.3) is 0 Å². The van der Waals surface area contributed by atoms with Crippen LogP contribution in [0.25, 0.3) is 0 Å². The molecule has 1 aliphatic carbocycles. The van der Waals surface area contributed by atoms with Crippen LogP contribution in [0.5, 0.6) is 0 Å². The minimum atomic E-state index is -2.17. The summed E-state index contributed by atoms with van der Waals surface area (Å²) in [6, 6.07) is 0. The third-order valence-electron chi connectivity index (χ3n) is 1.90. The maximum atomic E-state index is 10.5. The topological polar surface area (TPSA) is 77.8 Å². The van der Waals surface area contributed by atoms with E-state index in [0.717, 1.165) is 6.08 Å². The van der Waals surface area contributed by atoms with Crippen molar-refractivity contribution < 1.29 is 20.1 Å². The Hall–Kier alpha value is -1.13. The summed E-state index contributed by atoms with van der Waals surface area (Å²) in [5, 5.41) is 27.3. The van der Waals surface area contributed by atoms with Gasteiger partial charge < -0.3 is 15.3 Å². The summed E-state index contributed by atoms with van der Waals surface area (Å²) in [5.74, 6) is -1.45. The highest BCUT2D eigenvalue weighted by molar-refractivity contribution is 5.82. The van der Waals surface area contributed by atoms with Gasteiger partial charge in [-0.1, -0.05) is 12.2 Å². The van der Waals surface area contributed by atoms with Crippen LogP contribution in [0.1, 0.15) is 6.92 Å². The number of carboxylic acid groups (broad SMARTS) is 1. The first kappa shape index (κ1) is 8.96. The van der Waals surface area contributed by atoms with E-state index >= 15 is 0 Å². The molecule has 0 fully saturated rings. The number of carboxylic acids is 1. The Morgan fingerprint density at radius 3 is 2.67 bits per heavy atom. The van der Waals surface area contributed by atoms with Crippen molar-refractivity contribution in [1.29, 1.82) is 0 Å². The minimum absolute atomic E-state index is 0.433. The molecule has 0 aromatic rings. The van der Waals surface area contributed by atoms with Gasteiger partial charge in [0.15, 0.2) is 0 Å². The van der Waals surface area contributed by atoms with Crippen molar-refractivity contribution in [3.05, 3.63) is 23.8 Å². The molecule has 4 heteroatoms. The van der Waals surface area contributed by atoms with E-state index in [4.69, 9.17) is 5.11 Å². The number of aliphatic hydroxyl groups is 2. The molecule has 3 N–H and O–H groups in total. The van der Waals surface area contributed by atoms with Gasteiger partial charge in [-0.15, -0.1) is 0 Å². The van der Waals surface area contributed by atoms with E-state index in [1.807, 2.05) is 0 Å². The number of aliphatic hydroxyl groups excluding tert-OH is 1. The standard InChI is InChI=1S/C8H10O4/c1-5-3-2-4-8(12,6(5)9)7(10)11/h2-4,6,9,12H,1H3,(H,10,11). The van der Waals surface area contributed by atoms with Crippen LogP contribution in [0, 0.1) is 0 Å². The molecule has 2 atom stereocenters. The minimum Gasteiger partial charge on any atom is -0.479 e. The fourth-order valence-electron chi connectivity index (χ4n) is 1.06. The fraction of sp³-hybridized carbons (Fsp3) is 0.375. The highest BCUT2D eigenvalue weighted by atomic mass is 16.4. The molecule has 0 aromatic carbocycles. The molecule has 12 heavy (non-hydrogen) atoms. The average Bonchev–Trinajstić information content (AvgIpc) is 2.00.